The van der Waals surface area contributed by atoms with Gasteiger partial charge in [0.05, 0.1) is 6.26 Å². The molecule has 0 amide bonds. The van der Waals surface area contributed by atoms with Gasteiger partial charge in [-0.25, -0.2) is 4.79 Å². The summed E-state index contributed by atoms with van der Waals surface area (Å²) in [5, 5.41) is 14.9. The lowest BCUT2D eigenvalue weighted by atomic mass is 9.96. The summed E-state index contributed by atoms with van der Waals surface area (Å²) in [6.07, 6.45) is 1.22. The molecule has 0 spiro atoms. The first-order valence-electron chi connectivity index (χ1n) is 9.60. The van der Waals surface area contributed by atoms with Crippen molar-refractivity contribution in [2.75, 3.05) is 0 Å². The summed E-state index contributed by atoms with van der Waals surface area (Å²) in [7, 11) is 0. The van der Waals surface area contributed by atoms with E-state index in [1.165, 1.54) is 0 Å². The molecule has 148 valence electrons. The zero-order chi connectivity index (χ0) is 21.0. The Kier molecular flexibility index (Phi) is 4.00. The van der Waals surface area contributed by atoms with E-state index >= 15 is 0 Å². The van der Waals surface area contributed by atoms with Crippen LogP contribution in [-0.2, 0) is 11.2 Å². The van der Waals surface area contributed by atoms with Crippen LogP contribution in [0.4, 0.5) is 0 Å². The minimum atomic E-state index is -1.32. The van der Waals surface area contributed by atoms with E-state index in [1.54, 1.807) is 13.2 Å². The van der Waals surface area contributed by atoms with Crippen LogP contribution >= 0.6 is 0 Å². The van der Waals surface area contributed by atoms with Gasteiger partial charge in [0, 0.05) is 39.9 Å². The molecule has 5 heteroatoms. The van der Waals surface area contributed by atoms with Crippen molar-refractivity contribution < 1.29 is 18.7 Å². The molecule has 0 fully saturated rings. The van der Waals surface area contributed by atoms with Crippen molar-refractivity contribution in [2.45, 2.75) is 20.3 Å². The molecule has 0 aliphatic rings. The van der Waals surface area contributed by atoms with Crippen molar-refractivity contribution >= 4 is 38.7 Å². The monoisotopic (exact) mass is 397 g/mol. The van der Waals surface area contributed by atoms with Gasteiger partial charge in [-0.3, -0.25) is 0 Å². The molecule has 0 atom stereocenters. The number of benzene rings is 3. The molecule has 5 nitrogen and oxygen atoms in total. The van der Waals surface area contributed by atoms with Crippen molar-refractivity contribution in [1.82, 2.24) is 0 Å². The number of carbonyl (C=O) groups is 1. The van der Waals surface area contributed by atoms with Crippen molar-refractivity contribution in [1.29, 1.82) is 0 Å². The summed E-state index contributed by atoms with van der Waals surface area (Å²) in [6, 6.07) is 16.3. The number of rotatable bonds is 3. The van der Waals surface area contributed by atoms with Crippen LogP contribution < -0.4 is 10.7 Å². The number of aryl methyl sites for hydroxylation is 2. The van der Waals surface area contributed by atoms with Gasteiger partial charge in [-0.2, -0.15) is 0 Å². The number of aliphatic carboxylic acids is 1. The second kappa shape index (κ2) is 6.59. The van der Waals surface area contributed by atoms with E-state index in [-0.39, 0.29) is 5.56 Å². The van der Waals surface area contributed by atoms with Crippen LogP contribution in [0.5, 0.6) is 0 Å². The average Bonchev–Trinajstić information content (AvgIpc) is 3.16. The molecule has 2 heterocycles. The highest BCUT2D eigenvalue weighted by molar-refractivity contribution is 6.05. The van der Waals surface area contributed by atoms with Crippen molar-refractivity contribution in [2.24, 2.45) is 0 Å². The quantitative estimate of drug-likeness (QED) is 0.425. The van der Waals surface area contributed by atoms with Crippen LogP contribution in [-0.4, -0.2) is 5.97 Å². The lowest BCUT2D eigenvalue weighted by Crippen LogP contribution is -2.27. The van der Waals surface area contributed by atoms with Crippen LogP contribution in [0.15, 0.2) is 68.4 Å². The first-order valence-corrected chi connectivity index (χ1v) is 9.60. The first kappa shape index (κ1) is 18.2. The van der Waals surface area contributed by atoms with E-state index in [4.69, 9.17) is 8.83 Å². The molecule has 0 radical (unpaired) electrons. The minimum Gasteiger partial charge on any atom is -0.550 e. The second-order valence-electron chi connectivity index (χ2n) is 7.51. The van der Waals surface area contributed by atoms with Gasteiger partial charge in [-0.05, 0) is 47.9 Å². The Balaban J connectivity index is 1.80. The highest BCUT2D eigenvalue weighted by atomic mass is 16.4. The number of furan rings is 1. The van der Waals surface area contributed by atoms with E-state index < -0.39 is 18.0 Å². The van der Waals surface area contributed by atoms with Gasteiger partial charge in [0.25, 0.3) is 0 Å². The van der Waals surface area contributed by atoms with Gasteiger partial charge in [-0.15, -0.1) is 0 Å². The molecule has 0 saturated carbocycles. The number of fused-ring (bicyclic) bond motifs is 3. The number of carbonyl (C=O) groups excluding carboxylic acids is 1. The molecule has 30 heavy (non-hydrogen) atoms. The number of carboxylic acids is 1. The average molecular weight is 397 g/mol. The molecule has 0 bridgehead atoms. The van der Waals surface area contributed by atoms with Gasteiger partial charge in [-0.1, -0.05) is 36.4 Å². The fourth-order valence-corrected chi connectivity index (χ4v) is 4.13. The van der Waals surface area contributed by atoms with E-state index in [1.807, 2.05) is 31.2 Å². The molecule has 0 aliphatic carbocycles. The standard InChI is InChI=1S/C25H18O5/c1-13-18-10-20-21(17-8-7-15-5-3-4-6-16(15)9-17)12-29-23(20)14(2)24(18)30-25(28)19(13)11-22(26)27/h3-10,12H,11H2,1-2H3,(H,26,27)/p-1. The summed E-state index contributed by atoms with van der Waals surface area (Å²) in [5.41, 5.74) is 3.72. The third-order valence-corrected chi connectivity index (χ3v) is 5.72. The number of hydrogen-bond donors (Lipinski definition) is 0. The Morgan fingerprint density at radius 1 is 0.933 bits per heavy atom. The Hall–Kier alpha value is -3.86. The maximum absolute atomic E-state index is 12.3. The minimum absolute atomic E-state index is 0.108. The molecule has 0 N–H and O–H groups in total. The van der Waals surface area contributed by atoms with E-state index in [0.717, 1.165) is 27.3 Å². The predicted molar refractivity (Wildman–Crippen MR) is 113 cm³/mol. The Morgan fingerprint density at radius 2 is 1.70 bits per heavy atom. The van der Waals surface area contributed by atoms with E-state index in [9.17, 15) is 14.7 Å². The molecule has 5 rings (SSSR count). The van der Waals surface area contributed by atoms with E-state index in [2.05, 4.69) is 24.3 Å². The van der Waals surface area contributed by atoms with Gasteiger partial charge >= 0.3 is 5.63 Å². The summed E-state index contributed by atoms with van der Waals surface area (Å²) >= 11 is 0. The summed E-state index contributed by atoms with van der Waals surface area (Å²) < 4.78 is 11.3. The Morgan fingerprint density at radius 3 is 2.47 bits per heavy atom. The molecule has 2 aromatic heterocycles. The largest absolute Gasteiger partial charge is 0.550 e. The third kappa shape index (κ3) is 2.70. The van der Waals surface area contributed by atoms with Crippen molar-refractivity contribution in [3.05, 3.63) is 81.9 Å². The Bertz CT molecular complexity index is 1530. The van der Waals surface area contributed by atoms with Crippen molar-refractivity contribution in [3.8, 4) is 11.1 Å². The Labute approximate surface area is 171 Å². The first-order chi connectivity index (χ1) is 14.4. The van der Waals surface area contributed by atoms with Crippen molar-refractivity contribution in [3.63, 3.8) is 0 Å². The van der Waals surface area contributed by atoms with E-state index in [0.29, 0.717) is 27.7 Å². The lowest BCUT2D eigenvalue weighted by molar-refractivity contribution is -0.304. The van der Waals surface area contributed by atoms with Gasteiger partial charge in [0.15, 0.2) is 0 Å². The topological polar surface area (TPSA) is 83.5 Å². The second-order valence-corrected chi connectivity index (χ2v) is 7.51. The van der Waals surface area contributed by atoms with Crippen LogP contribution in [0.3, 0.4) is 0 Å². The maximum Gasteiger partial charge on any atom is 0.340 e. The summed E-state index contributed by atoms with van der Waals surface area (Å²) in [4.78, 5) is 23.4. The van der Waals surface area contributed by atoms with Gasteiger partial charge in [0.2, 0.25) is 0 Å². The van der Waals surface area contributed by atoms with Crippen LogP contribution in [0.1, 0.15) is 16.7 Å². The van der Waals surface area contributed by atoms with Gasteiger partial charge < -0.3 is 18.7 Å². The molecule has 0 saturated heterocycles. The van der Waals surface area contributed by atoms with Crippen LogP contribution in [0, 0.1) is 13.8 Å². The van der Waals surface area contributed by atoms with Gasteiger partial charge in [0.1, 0.15) is 11.2 Å². The van der Waals surface area contributed by atoms with Crippen LogP contribution in [0.25, 0.3) is 43.8 Å². The third-order valence-electron chi connectivity index (χ3n) is 5.72. The zero-order valence-corrected chi connectivity index (χ0v) is 16.4. The lowest BCUT2D eigenvalue weighted by Gasteiger charge is -2.10. The molecular weight excluding hydrogens is 380 g/mol. The predicted octanol–water partition coefficient (Wildman–Crippen LogP) is 4.27. The molecule has 3 aromatic carbocycles. The fraction of sp³-hybridized carbons (Fsp3) is 0.120. The molecule has 0 unspecified atom stereocenters. The molecular formula is C25H17O5-. The summed E-state index contributed by atoms with van der Waals surface area (Å²) in [5.74, 6) is -1.32. The number of carboxylic acid groups (broad SMARTS) is 1. The summed E-state index contributed by atoms with van der Waals surface area (Å²) in [6.45, 7) is 3.57. The highest BCUT2D eigenvalue weighted by Gasteiger charge is 2.19. The zero-order valence-electron chi connectivity index (χ0n) is 16.4. The maximum atomic E-state index is 12.3. The smallest absolute Gasteiger partial charge is 0.340 e. The fourth-order valence-electron chi connectivity index (χ4n) is 4.13. The normalized spacial score (nSPS) is 11.5. The molecule has 5 aromatic rings. The highest BCUT2D eigenvalue weighted by Crippen LogP contribution is 2.38. The number of hydrogen-bond acceptors (Lipinski definition) is 5. The molecule has 0 aliphatic heterocycles. The SMILES string of the molecule is Cc1c(CC(=O)[O-])c(=O)oc2c(C)c3occ(-c4ccc5ccccc5c4)c3cc12. The van der Waals surface area contributed by atoms with Crippen LogP contribution in [0.2, 0.25) is 0 Å².